The molecule has 0 spiro atoms. The predicted octanol–water partition coefficient (Wildman–Crippen LogP) is 5.97. The minimum atomic E-state index is -0.530. The van der Waals surface area contributed by atoms with Crippen molar-refractivity contribution in [2.45, 2.75) is 0 Å². The molecule has 0 saturated carbocycles. The second-order valence-electron chi connectivity index (χ2n) is 6.29. The standard InChI is InChI=1S/C23H14ClNO3S2/c24-19-9-5-4-8-18(19)22(27)28-17-12-10-15(11-13-17)14-20-21(26)25(23(29)30-20)16-6-2-1-3-7-16/h1-14H/b20-14+. The van der Waals surface area contributed by atoms with Crippen molar-refractivity contribution in [3.63, 3.8) is 0 Å². The lowest BCUT2D eigenvalue weighted by Crippen LogP contribution is -2.27. The van der Waals surface area contributed by atoms with Gasteiger partial charge in [-0.3, -0.25) is 9.69 Å². The van der Waals surface area contributed by atoms with Crippen molar-refractivity contribution in [2.75, 3.05) is 4.90 Å². The summed E-state index contributed by atoms with van der Waals surface area (Å²) in [6, 6.07) is 22.9. The number of amides is 1. The molecule has 30 heavy (non-hydrogen) atoms. The predicted molar refractivity (Wildman–Crippen MR) is 125 cm³/mol. The maximum absolute atomic E-state index is 12.8. The molecule has 1 aliphatic heterocycles. The summed E-state index contributed by atoms with van der Waals surface area (Å²) >= 11 is 12.7. The molecule has 1 aliphatic rings. The zero-order valence-corrected chi connectivity index (χ0v) is 17.8. The van der Waals surface area contributed by atoms with Crippen LogP contribution >= 0.6 is 35.6 Å². The normalized spacial score (nSPS) is 15.0. The van der Waals surface area contributed by atoms with Crippen LogP contribution in [0, 0.1) is 0 Å². The van der Waals surface area contributed by atoms with Crippen molar-refractivity contribution in [3.8, 4) is 5.75 Å². The summed E-state index contributed by atoms with van der Waals surface area (Å²) in [5.74, 6) is -0.309. The van der Waals surface area contributed by atoms with Gasteiger partial charge in [0.1, 0.15) is 5.75 Å². The van der Waals surface area contributed by atoms with Crippen LogP contribution in [0.5, 0.6) is 5.75 Å². The van der Waals surface area contributed by atoms with Gasteiger partial charge in [0.05, 0.1) is 21.2 Å². The van der Waals surface area contributed by atoms with Crippen LogP contribution in [0.4, 0.5) is 5.69 Å². The summed E-state index contributed by atoms with van der Waals surface area (Å²) in [4.78, 5) is 27.1. The summed E-state index contributed by atoms with van der Waals surface area (Å²) in [7, 11) is 0. The largest absolute Gasteiger partial charge is 0.423 e. The Balaban J connectivity index is 1.49. The first-order chi connectivity index (χ1) is 14.5. The maximum Gasteiger partial charge on any atom is 0.345 e. The molecular formula is C23H14ClNO3S2. The number of esters is 1. The molecule has 0 N–H and O–H groups in total. The number of rotatable bonds is 4. The van der Waals surface area contributed by atoms with Crippen molar-refractivity contribution < 1.29 is 14.3 Å². The molecule has 1 amide bonds. The van der Waals surface area contributed by atoms with Crippen LogP contribution in [0.2, 0.25) is 5.02 Å². The van der Waals surface area contributed by atoms with Crippen LogP contribution in [0.15, 0.2) is 83.8 Å². The minimum absolute atomic E-state index is 0.162. The first-order valence-corrected chi connectivity index (χ1v) is 10.5. The van der Waals surface area contributed by atoms with Crippen molar-refractivity contribution in [2.24, 2.45) is 0 Å². The number of thiocarbonyl (C=S) groups is 1. The molecule has 148 valence electrons. The van der Waals surface area contributed by atoms with Crippen LogP contribution in [-0.2, 0) is 4.79 Å². The fourth-order valence-corrected chi connectivity index (χ4v) is 4.35. The van der Waals surface area contributed by atoms with Gasteiger partial charge in [-0.15, -0.1) is 0 Å². The lowest BCUT2D eigenvalue weighted by atomic mass is 10.2. The topological polar surface area (TPSA) is 46.6 Å². The number of carbonyl (C=O) groups is 2. The quantitative estimate of drug-likeness (QED) is 0.212. The van der Waals surface area contributed by atoms with Gasteiger partial charge in [0.15, 0.2) is 4.32 Å². The summed E-state index contributed by atoms with van der Waals surface area (Å²) in [5.41, 5.74) is 1.83. The van der Waals surface area contributed by atoms with Crippen LogP contribution in [0.1, 0.15) is 15.9 Å². The molecule has 0 unspecified atom stereocenters. The van der Waals surface area contributed by atoms with E-state index in [1.54, 1.807) is 54.6 Å². The molecular weight excluding hydrogens is 438 g/mol. The van der Waals surface area contributed by atoms with Gasteiger partial charge >= 0.3 is 5.97 Å². The van der Waals surface area contributed by atoms with Gasteiger partial charge in [0.25, 0.3) is 5.91 Å². The van der Waals surface area contributed by atoms with Gasteiger partial charge in [-0.05, 0) is 48.0 Å². The third-order valence-electron chi connectivity index (χ3n) is 4.29. The van der Waals surface area contributed by atoms with Crippen LogP contribution in [0.3, 0.4) is 0 Å². The lowest BCUT2D eigenvalue weighted by molar-refractivity contribution is -0.113. The van der Waals surface area contributed by atoms with Crippen LogP contribution < -0.4 is 9.64 Å². The summed E-state index contributed by atoms with van der Waals surface area (Å²) in [6.07, 6.45) is 1.77. The molecule has 1 fully saturated rings. The molecule has 3 aromatic rings. The number of benzene rings is 3. The third-order valence-corrected chi connectivity index (χ3v) is 5.92. The van der Waals surface area contributed by atoms with Gasteiger partial charge < -0.3 is 4.74 Å². The number of halogens is 1. The van der Waals surface area contributed by atoms with E-state index in [1.165, 1.54) is 16.7 Å². The number of carbonyl (C=O) groups excluding carboxylic acids is 2. The van der Waals surface area contributed by atoms with Gasteiger partial charge in [-0.25, -0.2) is 4.79 Å². The number of ether oxygens (including phenoxy) is 1. The Bertz CT molecular complexity index is 1160. The van der Waals surface area contributed by atoms with Crippen molar-refractivity contribution in [1.29, 1.82) is 0 Å². The Labute approximate surface area is 188 Å². The monoisotopic (exact) mass is 451 g/mol. The van der Waals surface area contributed by atoms with Crippen LogP contribution in [-0.4, -0.2) is 16.2 Å². The first kappa shape index (κ1) is 20.3. The van der Waals surface area contributed by atoms with Gasteiger partial charge in [-0.1, -0.05) is 78.0 Å². The first-order valence-electron chi connectivity index (χ1n) is 8.93. The van der Waals surface area contributed by atoms with E-state index >= 15 is 0 Å². The summed E-state index contributed by atoms with van der Waals surface area (Å²) in [5, 5.41) is 0.333. The minimum Gasteiger partial charge on any atom is -0.423 e. The second kappa shape index (κ2) is 8.83. The molecule has 1 saturated heterocycles. The average Bonchev–Trinajstić information content (AvgIpc) is 3.03. The smallest absolute Gasteiger partial charge is 0.345 e. The fraction of sp³-hybridized carbons (Fsp3) is 0. The number of thioether (sulfide) groups is 1. The van der Waals surface area contributed by atoms with E-state index in [-0.39, 0.29) is 5.91 Å². The number of nitrogens with zero attached hydrogens (tertiary/aromatic N) is 1. The van der Waals surface area contributed by atoms with Crippen molar-refractivity contribution in [3.05, 3.63) is 99.9 Å². The molecule has 3 aromatic carbocycles. The molecule has 0 aliphatic carbocycles. The Morgan fingerprint density at radius 2 is 1.63 bits per heavy atom. The maximum atomic E-state index is 12.8. The molecule has 0 atom stereocenters. The third kappa shape index (κ3) is 4.31. The van der Waals surface area contributed by atoms with Gasteiger partial charge in [0.2, 0.25) is 0 Å². The lowest BCUT2D eigenvalue weighted by Gasteiger charge is -2.13. The van der Waals surface area contributed by atoms with Crippen molar-refractivity contribution in [1.82, 2.24) is 0 Å². The molecule has 4 rings (SSSR count). The SMILES string of the molecule is O=C(Oc1ccc(/C=C2/SC(=S)N(c3ccccc3)C2=O)cc1)c1ccccc1Cl. The van der Waals surface area contributed by atoms with Gasteiger partial charge in [0, 0.05) is 0 Å². The van der Waals surface area contributed by atoms with E-state index in [0.29, 0.717) is 25.6 Å². The van der Waals surface area contributed by atoms with E-state index in [1.807, 2.05) is 30.3 Å². The fourth-order valence-electron chi connectivity index (χ4n) is 2.84. The number of para-hydroxylation sites is 1. The molecule has 0 aromatic heterocycles. The number of hydrogen-bond acceptors (Lipinski definition) is 5. The molecule has 0 bridgehead atoms. The molecule has 0 radical (unpaired) electrons. The molecule has 4 nitrogen and oxygen atoms in total. The van der Waals surface area contributed by atoms with E-state index in [0.717, 1.165) is 11.3 Å². The van der Waals surface area contributed by atoms with E-state index in [4.69, 9.17) is 28.6 Å². The Hall–Kier alpha value is -2.93. The zero-order chi connectivity index (χ0) is 21.1. The highest BCUT2D eigenvalue weighted by Crippen LogP contribution is 2.36. The highest BCUT2D eigenvalue weighted by molar-refractivity contribution is 8.27. The zero-order valence-electron chi connectivity index (χ0n) is 15.4. The van der Waals surface area contributed by atoms with Crippen molar-refractivity contribution >= 4 is 63.5 Å². The molecule has 7 heteroatoms. The Kier molecular flexibility index (Phi) is 5.99. The van der Waals surface area contributed by atoms with E-state index in [9.17, 15) is 9.59 Å². The summed E-state index contributed by atoms with van der Waals surface area (Å²) < 4.78 is 5.86. The average molecular weight is 452 g/mol. The summed E-state index contributed by atoms with van der Waals surface area (Å²) in [6.45, 7) is 0. The number of hydrogen-bond donors (Lipinski definition) is 0. The van der Waals surface area contributed by atoms with E-state index < -0.39 is 5.97 Å². The number of anilines is 1. The Morgan fingerprint density at radius 1 is 0.967 bits per heavy atom. The Morgan fingerprint density at radius 3 is 2.33 bits per heavy atom. The second-order valence-corrected chi connectivity index (χ2v) is 8.37. The highest BCUT2D eigenvalue weighted by atomic mass is 35.5. The molecule has 1 heterocycles. The highest BCUT2D eigenvalue weighted by Gasteiger charge is 2.33. The van der Waals surface area contributed by atoms with Crippen LogP contribution in [0.25, 0.3) is 6.08 Å². The van der Waals surface area contributed by atoms with E-state index in [2.05, 4.69) is 0 Å². The van der Waals surface area contributed by atoms with Gasteiger partial charge in [-0.2, -0.15) is 0 Å².